The van der Waals surface area contributed by atoms with Crippen LogP contribution in [0.5, 0.6) is 0 Å². The van der Waals surface area contributed by atoms with Gasteiger partial charge in [0.25, 0.3) is 5.91 Å². The molecule has 0 bridgehead atoms. The molecule has 0 aliphatic heterocycles. The zero-order valence-electron chi connectivity index (χ0n) is 14.9. The van der Waals surface area contributed by atoms with Gasteiger partial charge >= 0.3 is 0 Å². The van der Waals surface area contributed by atoms with Crippen molar-refractivity contribution in [2.24, 2.45) is 5.73 Å². The lowest BCUT2D eigenvalue weighted by Gasteiger charge is -2.27. The van der Waals surface area contributed by atoms with E-state index in [0.29, 0.717) is 23.2 Å². The van der Waals surface area contributed by atoms with Crippen molar-refractivity contribution in [3.8, 4) is 0 Å². The fraction of sp³-hybridized carbons (Fsp3) is 0.368. The Morgan fingerprint density at radius 2 is 2.28 bits per heavy atom. The van der Waals surface area contributed by atoms with Gasteiger partial charge < -0.3 is 15.0 Å². The third-order valence-corrected chi connectivity index (χ3v) is 4.43. The molecule has 1 unspecified atom stereocenters. The molecule has 1 atom stereocenters. The Morgan fingerprint density at radius 3 is 3.00 bits per heavy atom. The zero-order valence-corrected chi connectivity index (χ0v) is 14.9. The summed E-state index contributed by atoms with van der Waals surface area (Å²) in [5.74, 6) is -0.123. The summed E-state index contributed by atoms with van der Waals surface area (Å²) in [6.07, 6.45) is 10.2. The number of fused-ring (bicyclic) bond motifs is 2. The molecule has 3 rings (SSSR count). The number of methoxy groups -OCH3 is 1. The number of likely N-dealkylation sites (N-methyl/N-ethyl adjacent to an activating group) is 1. The Bertz CT molecular complexity index is 870. The van der Waals surface area contributed by atoms with Gasteiger partial charge in [0, 0.05) is 25.4 Å². The predicted octanol–water partition coefficient (Wildman–Crippen LogP) is -0.869. The normalized spacial score (nSPS) is 20.9. The summed E-state index contributed by atoms with van der Waals surface area (Å²) < 4.78 is 5.46. The highest BCUT2D eigenvalue weighted by Crippen LogP contribution is 2.18. The van der Waals surface area contributed by atoms with Crippen LogP contribution in [-0.2, 0) is 21.7 Å². The number of carbonyl (C=O) groups is 1. The Hall–Kier alpha value is -2.28. The molecule has 1 aromatic rings. The number of nitrogens with zero attached hydrogens (tertiary/aromatic N) is 2. The maximum atomic E-state index is 12.6. The molecule has 0 radical (unpaired) electrons. The summed E-state index contributed by atoms with van der Waals surface area (Å²) in [5, 5.41) is 4.55. The van der Waals surface area contributed by atoms with Gasteiger partial charge in [-0.15, -0.1) is 0 Å². The molecular weight excluding hydrogens is 316 g/mol. The summed E-state index contributed by atoms with van der Waals surface area (Å²) in [6, 6.07) is 2.04. The van der Waals surface area contributed by atoms with Crippen LogP contribution in [0.1, 0.15) is 11.3 Å². The van der Waals surface area contributed by atoms with E-state index in [1.165, 1.54) is 0 Å². The summed E-state index contributed by atoms with van der Waals surface area (Å²) in [7, 11) is 5.50. The Kier molecular flexibility index (Phi) is 4.85. The highest BCUT2D eigenvalue weighted by Gasteiger charge is 2.29. The van der Waals surface area contributed by atoms with Crippen LogP contribution < -0.4 is 21.6 Å². The van der Waals surface area contributed by atoms with E-state index in [0.717, 1.165) is 23.7 Å². The third-order valence-electron chi connectivity index (χ3n) is 4.43. The van der Waals surface area contributed by atoms with Gasteiger partial charge in [-0.3, -0.25) is 10.5 Å². The monoisotopic (exact) mass is 340 g/mol. The second-order valence-corrected chi connectivity index (χ2v) is 6.54. The fourth-order valence-corrected chi connectivity index (χ4v) is 2.99. The topological polar surface area (TPSA) is 80.5 Å². The summed E-state index contributed by atoms with van der Waals surface area (Å²) in [4.78, 5) is 19.4. The molecule has 6 heteroatoms. The van der Waals surface area contributed by atoms with Crippen molar-refractivity contribution < 1.29 is 9.53 Å². The number of hydrogen-bond acceptors (Lipinski definition) is 5. The summed E-state index contributed by atoms with van der Waals surface area (Å²) >= 11 is 0. The van der Waals surface area contributed by atoms with Crippen LogP contribution in [0.15, 0.2) is 30.4 Å². The molecule has 1 aromatic heterocycles. The lowest BCUT2D eigenvalue weighted by atomic mass is 9.96. The van der Waals surface area contributed by atoms with Crippen molar-refractivity contribution in [3.63, 3.8) is 0 Å². The van der Waals surface area contributed by atoms with Crippen LogP contribution in [0.4, 0.5) is 0 Å². The quantitative estimate of drug-likeness (QED) is 0.681. The van der Waals surface area contributed by atoms with E-state index in [2.05, 4.69) is 5.32 Å². The van der Waals surface area contributed by atoms with Crippen LogP contribution in [-0.4, -0.2) is 50.1 Å². The van der Waals surface area contributed by atoms with Crippen molar-refractivity contribution in [1.29, 1.82) is 0 Å². The number of hydrogen-bond donors (Lipinski definition) is 2. The van der Waals surface area contributed by atoms with Gasteiger partial charge in [-0.1, -0.05) is 24.3 Å². The smallest absolute Gasteiger partial charge is 0.253 e. The largest absolute Gasteiger partial charge is 0.354 e. The standard InChI is InChI=1S/C19H24N4O2/c1-23(2)11-10-21-18(24)15-8-4-6-13-12-14-7-5-9-19(20,25-3)17(14)22-16(13)15/h4-5,7-9,12H,6,10-11,20H2,1-3H3,(H,21,24). The molecule has 1 amide bonds. The minimum Gasteiger partial charge on any atom is -0.354 e. The first-order valence-electron chi connectivity index (χ1n) is 8.32. The molecule has 25 heavy (non-hydrogen) atoms. The van der Waals surface area contributed by atoms with Gasteiger partial charge in [0.15, 0.2) is 5.72 Å². The van der Waals surface area contributed by atoms with E-state index in [-0.39, 0.29) is 5.91 Å². The molecule has 0 aromatic carbocycles. The van der Waals surface area contributed by atoms with E-state index in [4.69, 9.17) is 15.5 Å². The van der Waals surface area contributed by atoms with Gasteiger partial charge in [0.05, 0.1) is 16.6 Å². The number of allylic oxidation sites excluding steroid dienone is 2. The minimum absolute atomic E-state index is 0.123. The van der Waals surface area contributed by atoms with E-state index in [9.17, 15) is 4.79 Å². The Balaban J connectivity index is 2.05. The van der Waals surface area contributed by atoms with E-state index >= 15 is 0 Å². The van der Waals surface area contributed by atoms with Gasteiger partial charge in [0.1, 0.15) is 0 Å². The molecule has 0 saturated carbocycles. The molecule has 0 spiro atoms. The predicted molar refractivity (Wildman–Crippen MR) is 97.8 cm³/mol. The lowest BCUT2D eigenvalue weighted by Crippen LogP contribution is -2.46. The second-order valence-electron chi connectivity index (χ2n) is 6.54. The maximum absolute atomic E-state index is 12.6. The Morgan fingerprint density at radius 1 is 1.48 bits per heavy atom. The van der Waals surface area contributed by atoms with E-state index < -0.39 is 5.72 Å². The first kappa shape index (κ1) is 17.5. The van der Waals surface area contributed by atoms with Crippen LogP contribution in [0.3, 0.4) is 0 Å². The Labute approximate surface area is 147 Å². The molecule has 6 nitrogen and oxygen atoms in total. The third kappa shape index (κ3) is 3.42. The maximum Gasteiger partial charge on any atom is 0.253 e. The molecule has 1 heterocycles. The lowest BCUT2D eigenvalue weighted by molar-refractivity contribution is -0.115. The molecule has 0 fully saturated rings. The van der Waals surface area contributed by atoms with Gasteiger partial charge in [-0.25, -0.2) is 4.98 Å². The van der Waals surface area contributed by atoms with Crippen molar-refractivity contribution in [2.45, 2.75) is 12.1 Å². The fourth-order valence-electron chi connectivity index (χ4n) is 2.99. The van der Waals surface area contributed by atoms with Gasteiger partial charge in [0.2, 0.25) is 0 Å². The van der Waals surface area contributed by atoms with Crippen LogP contribution >= 0.6 is 0 Å². The van der Waals surface area contributed by atoms with Gasteiger partial charge in [-0.05, 0) is 38.2 Å². The van der Waals surface area contributed by atoms with Crippen molar-refractivity contribution in [2.75, 3.05) is 34.3 Å². The molecule has 3 N–H and O–H groups in total. The highest BCUT2D eigenvalue weighted by molar-refractivity contribution is 6.17. The van der Waals surface area contributed by atoms with Crippen LogP contribution in [0.25, 0.3) is 11.6 Å². The average molecular weight is 340 g/mol. The molecule has 2 aliphatic carbocycles. The number of rotatable bonds is 5. The van der Waals surface area contributed by atoms with Crippen molar-refractivity contribution >= 4 is 17.6 Å². The number of pyridine rings is 1. The first-order chi connectivity index (χ1) is 11.9. The number of carbonyl (C=O) groups excluding carboxylic acids is 1. The number of amides is 1. The van der Waals surface area contributed by atoms with Crippen LogP contribution in [0.2, 0.25) is 0 Å². The second kappa shape index (κ2) is 6.92. The molecule has 132 valence electrons. The summed E-state index contributed by atoms with van der Waals surface area (Å²) in [5.41, 5.74) is 7.45. The minimum atomic E-state index is -1.08. The van der Waals surface area contributed by atoms with Crippen LogP contribution in [0, 0.1) is 0 Å². The highest BCUT2D eigenvalue weighted by atomic mass is 16.5. The number of nitrogens with two attached hydrogens (primary N) is 1. The van der Waals surface area contributed by atoms with Crippen molar-refractivity contribution in [3.05, 3.63) is 52.2 Å². The summed E-state index contributed by atoms with van der Waals surface area (Å²) in [6.45, 7) is 1.36. The van der Waals surface area contributed by atoms with Gasteiger partial charge in [-0.2, -0.15) is 0 Å². The number of nitrogens with one attached hydrogen (secondary N) is 1. The molecular formula is C19H24N4O2. The van der Waals surface area contributed by atoms with Crippen molar-refractivity contribution in [1.82, 2.24) is 15.2 Å². The number of aromatic nitrogens is 1. The molecule has 0 saturated heterocycles. The zero-order chi connectivity index (χ0) is 18.0. The average Bonchev–Trinajstić information content (AvgIpc) is 2.59. The SMILES string of the molecule is COC1(N)C=CC=c2cc3c(nc21)=C(C(=O)NCCN(C)C)C=CC3. The number of ether oxygens (including phenoxy) is 1. The van der Waals surface area contributed by atoms with E-state index in [1.807, 2.05) is 49.4 Å². The molecule has 2 aliphatic rings. The van der Waals surface area contributed by atoms with E-state index in [1.54, 1.807) is 13.2 Å². The first-order valence-corrected chi connectivity index (χ1v) is 8.32.